The number of nitrogens with zero attached hydrogens (tertiary/aromatic N) is 1. The Morgan fingerprint density at radius 2 is 1.47 bits per heavy atom. The molecule has 0 unspecified atom stereocenters. The predicted molar refractivity (Wildman–Crippen MR) is 132 cm³/mol. The average Bonchev–Trinajstić information content (AvgIpc) is 2.85. The van der Waals surface area contributed by atoms with Crippen molar-refractivity contribution in [3.63, 3.8) is 0 Å². The van der Waals surface area contributed by atoms with Crippen LogP contribution in [0, 0.1) is 6.92 Å². The lowest BCUT2D eigenvalue weighted by atomic mass is 10.1. The first-order valence-electron chi connectivity index (χ1n) is 10.6. The minimum Gasteiger partial charge on any atom is -0.496 e. The molecule has 9 heteroatoms. The van der Waals surface area contributed by atoms with E-state index in [4.69, 9.17) is 14.2 Å². The van der Waals surface area contributed by atoms with Crippen LogP contribution in [-0.2, 0) is 10.0 Å². The topological polar surface area (TPSA) is 94.2 Å². The Morgan fingerprint density at radius 3 is 2.00 bits per heavy atom. The highest BCUT2D eigenvalue weighted by atomic mass is 32.2. The standard InChI is InChI=1S/C25H28N2O6S/c1-6-27(19-10-8-7-9-11-19)34(29,30)20-12-13-22(31-3)21(16-20)26-25(28)18-14-23(32-4)17(2)24(15-18)33-5/h7-16H,6H2,1-5H3,(H,26,28). The minimum atomic E-state index is -3.89. The largest absolute Gasteiger partial charge is 0.496 e. The molecule has 1 amide bonds. The molecule has 0 saturated heterocycles. The highest BCUT2D eigenvalue weighted by molar-refractivity contribution is 7.92. The summed E-state index contributed by atoms with van der Waals surface area (Å²) in [5.41, 5.74) is 1.81. The zero-order chi connectivity index (χ0) is 24.9. The third-order valence-electron chi connectivity index (χ3n) is 5.35. The maximum atomic E-state index is 13.4. The molecule has 34 heavy (non-hydrogen) atoms. The van der Waals surface area contributed by atoms with Crippen LogP contribution in [-0.4, -0.2) is 42.2 Å². The van der Waals surface area contributed by atoms with E-state index in [2.05, 4.69) is 5.32 Å². The first kappa shape index (κ1) is 24.9. The van der Waals surface area contributed by atoms with Crippen molar-refractivity contribution in [1.82, 2.24) is 0 Å². The third-order valence-corrected chi connectivity index (χ3v) is 7.25. The maximum absolute atomic E-state index is 13.4. The number of carbonyl (C=O) groups is 1. The molecule has 3 aromatic rings. The van der Waals surface area contributed by atoms with E-state index in [0.29, 0.717) is 22.9 Å². The Balaban J connectivity index is 2.00. The summed E-state index contributed by atoms with van der Waals surface area (Å²) in [5.74, 6) is 0.837. The number of anilines is 2. The van der Waals surface area contributed by atoms with Gasteiger partial charge in [-0.2, -0.15) is 0 Å². The van der Waals surface area contributed by atoms with Crippen LogP contribution in [0.4, 0.5) is 11.4 Å². The molecule has 0 fully saturated rings. The van der Waals surface area contributed by atoms with Gasteiger partial charge >= 0.3 is 0 Å². The van der Waals surface area contributed by atoms with Gasteiger partial charge < -0.3 is 19.5 Å². The smallest absolute Gasteiger partial charge is 0.264 e. The van der Waals surface area contributed by atoms with E-state index < -0.39 is 15.9 Å². The summed E-state index contributed by atoms with van der Waals surface area (Å²) in [6.07, 6.45) is 0. The van der Waals surface area contributed by atoms with Crippen molar-refractivity contribution in [3.8, 4) is 17.2 Å². The molecule has 3 aromatic carbocycles. The van der Waals surface area contributed by atoms with Crippen LogP contribution >= 0.6 is 0 Å². The van der Waals surface area contributed by atoms with E-state index in [0.717, 1.165) is 5.56 Å². The van der Waals surface area contributed by atoms with Crippen LogP contribution in [0.25, 0.3) is 0 Å². The number of rotatable bonds is 9. The quantitative estimate of drug-likeness (QED) is 0.481. The van der Waals surface area contributed by atoms with Gasteiger partial charge in [-0.3, -0.25) is 9.10 Å². The van der Waals surface area contributed by atoms with Crippen molar-refractivity contribution in [2.24, 2.45) is 0 Å². The number of sulfonamides is 1. The first-order valence-corrected chi connectivity index (χ1v) is 12.0. The Morgan fingerprint density at radius 1 is 0.882 bits per heavy atom. The molecule has 0 spiro atoms. The minimum absolute atomic E-state index is 0.0216. The number of hydrogen-bond acceptors (Lipinski definition) is 6. The molecule has 0 aliphatic carbocycles. The summed E-state index contributed by atoms with van der Waals surface area (Å²) in [6.45, 7) is 3.82. The van der Waals surface area contributed by atoms with Crippen molar-refractivity contribution < 1.29 is 27.4 Å². The van der Waals surface area contributed by atoms with E-state index >= 15 is 0 Å². The van der Waals surface area contributed by atoms with Crippen LogP contribution in [0.5, 0.6) is 17.2 Å². The summed E-state index contributed by atoms with van der Waals surface area (Å²) < 4.78 is 44.2. The molecular weight excluding hydrogens is 456 g/mol. The molecule has 0 bridgehead atoms. The number of methoxy groups -OCH3 is 3. The Kier molecular flexibility index (Phi) is 7.68. The Labute approximate surface area is 200 Å². The van der Waals surface area contributed by atoms with Crippen LogP contribution in [0.3, 0.4) is 0 Å². The van der Waals surface area contributed by atoms with Gasteiger partial charge in [0.15, 0.2) is 0 Å². The molecule has 8 nitrogen and oxygen atoms in total. The van der Waals surface area contributed by atoms with Crippen molar-refractivity contribution >= 4 is 27.3 Å². The number of ether oxygens (including phenoxy) is 3. The molecule has 0 atom stereocenters. The van der Waals surface area contributed by atoms with Crippen molar-refractivity contribution in [2.45, 2.75) is 18.7 Å². The number of carbonyl (C=O) groups excluding carboxylic acids is 1. The molecule has 3 rings (SSSR count). The Hall–Kier alpha value is -3.72. The van der Waals surface area contributed by atoms with Crippen LogP contribution in [0.15, 0.2) is 65.6 Å². The van der Waals surface area contributed by atoms with Crippen molar-refractivity contribution in [3.05, 3.63) is 71.8 Å². The van der Waals surface area contributed by atoms with Gasteiger partial charge in [-0.1, -0.05) is 18.2 Å². The van der Waals surface area contributed by atoms with Gasteiger partial charge in [-0.25, -0.2) is 8.42 Å². The number of para-hydroxylation sites is 1. The highest BCUT2D eigenvalue weighted by Crippen LogP contribution is 2.33. The van der Waals surface area contributed by atoms with Crippen molar-refractivity contribution in [2.75, 3.05) is 37.5 Å². The van der Waals surface area contributed by atoms with E-state index in [1.807, 2.05) is 13.0 Å². The molecule has 0 aliphatic heterocycles. The maximum Gasteiger partial charge on any atom is 0.264 e. The lowest BCUT2D eigenvalue weighted by molar-refractivity contribution is 0.102. The van der Waals surface area contributed by atoms with Gasteiger partial charge in [0.1, 0.15) is 17.2 Å². The van der Waals surface area contributed by atoms with Crippen LogP contribution in [0.2, 0.25) is 0 Å². The summed E-state index contributed by atoms with van der Waals surface area (Å²) >= 11 is 0. The van der Waals surface area contributed by atoms with Gasteiger partial charge in [0, 0.05) is 17.7 Å². The monoisotopic (exact) mass is 484 g/mol. The zero-order valence-electron chi connectivity index (χ0n) is 19.8. The summed E-state index contributed by atoms with van der Waals surface area (Å²) in [7, 11) is 0.565. The zero-order valence-corrected chi connectivity index (χ0v) is 20.6. The second-order valence-corrected chi connectivity index (χ2v) is 9.19. The number of nitrogens with one attached hydrogen (secondary N) is 1. The van der Waals surface area contributed by atoms with Crippen LogP contribution in [0.1, 0.15) is 22.8 Å². The lowest BCUT2D eigenvalue weighted by Crippen LogP contribution is -2.30. The fraction of sp³-hybridized carbons (Fsp3) is 0.240. The van der Waals surface area contributed by atoms with Gasteiger partial charge in [0.05, 0.1) is 37.6 Å². The molecule has 1 N–H and O–H groups in total. The van der Waals surface area contributed by atoms with Crippen molar-refractivity contribution in [1.29, 1.82) is 0 Å². The van der Waals surface area contributed by atoms with Gasteiger partial charge in [-0.15, -0.1) is 0 Å². The normalized spacial score (nSPS) is 11.0. The lowest BCUT2D eigenvalue weighted by Gasteiger charge is -2.23. The summed E-state index contributed by atoms with van der Waals surface area (Å²) in [6, 6.07) is 16.4. The predicted octanol–water partition coefficient (Wildman–Crippen LogP) is 4.49. The van der Waals surface area contributed by atoms with Crippen LogP contribution < -0.4 is 23.8 Å². The summed E-state index contributed by atoms with van der Waals surface area (Å²) in [4.78, 5) is 13.1. The molecular formula is C25H28N2O6S. The molecule has 180 valence electrons. The number of benzene rings is 3. The fourth-order valence-electron chi connectivity index (χ4n) is 3.57. The fourth-order valence-corrected chi connectivity index (χ4v) is 5.07. The molecule has 0 saturated carbocycles. The average molecular weight is 485 g/mol. The highest BCUT2D eigenvalue weighted by Gasteiger charge is 2.25. The second kappa shape index (κ2) is 10.5. The number of hydrogen-bond donors (Lipinski definition) is 1. The van der Waals surface area contributed by atoms with Gasteiger partial charge in [0.2, 0.25) is 0 Å². The molecule has 0 radical (unpaired) electrons. The van der Waals surface area contributed by atoms with E-state index in [9.17, 15) is 13.2 Å². The summed E-state index contributed by atoms with van der Waals surface area (Å²) in [5, 5.41) is 2.75. The second-order valence-electron chi connectivity index (χ2n) is 7.33. The third kappa shape index (κ3) is 4.94. The van der Waals surface area contributed by atoms with Gasteiger partial charge in [-0.05, 0) is 56.3 Å². The SMILES string of the molecule is CCN(c1ccccc1)S(=O)(=O)c1ccc(OC)c(NC(=O)c2cc(OC)c(C)c(OC)c2)c1. The molecule has 0 heterocycles. The molecule has 0 aromatic heterocycles. The Bertz CT molecular complexity index is 1250. The van der Waals surface area contributed by atoms with E-state index in [1.54, 1.807) is 43.3 Å². The number of amides is 1. The van der Waals surface area contributed by atoms with Gasteiger partial charge in [0.25, 0.3) is 15.9 Å². The van der Waals surface area contributed by atoms with E-state index in [-0.39, 0.29) is 22.7 Å². The molecule has 0 aliphatic rings. The first-order chi connectivity index (χ1) is 16.3. The van der Waals surface area contributed by atoms with E-state index in [1.165, 1.54) is 43.8 Å².